The van der Waals surface area contributed by atoms with Crippen LogP contribution in [-0.4, -0.2) is 62.3 Å². The number of carbonyl (C=O) groups excluding carboxylic acids is 2. The van der Waals surface area contributed by atoms with Crippen molar-refractivity contribution in [2.45, 2.75) is 24.8 Å². The van der Waals surface area contributed by atoms with Crippen molar-refractivity contribution >= 4 is 46.8 Å². The topological polar surface area (TPSA) is 101 Å². The van der Waals surface area contributed by atoms with Crippen molar-refractivity contribution in [2.75, 3.05) is 19.4 Å². The van der Waals surface area contributed by atoms with Crippen LogP contribution >= 0.6 is 35.0 Å². The molecule has 2 aromatic heterocycles. The molecule has 2 heterocycles. The van der Waals surface area contributed by atoms with Crippen LogP contribution < -0.4 is 0 Å². The summed E-state index contributed by atoms with van der Waals surface area (Å²) in [6, 6.07) is 0. The van der Waals surface area contributed by atoms with Crippen molar-refractivity contribution < 1.29 is 27.5 Å². The Morgan fingerprint density at radius 1 is 1.28 bits per heavy atom. The zero-order valence-electron chi connectivity index (χ0n) is 15.0. The first kappa shape index (κ1) is 23.2. The third kappa shape index (κ3) is 5.97. The van der Waals surface area contributed by atoms with Gasteiger partial charge in [0.1, 0.15) is 22.4 Å². The van der Waals surface area contributed by atoms with Gasteiger partial charge in [0.2, 0.25) is 0 Å². The fourth-order valence-corrected chi connectivity index (χ4v) is 3.25. The van der Waals surface area contributed by atoms with Crippen molar-refractivity contribution in [3.05, 3.63) is 33.6 Å². The lowest BCUT2D eigenvalue weighted by Gasteiger charge is -2.24. The number of hydrogen-bond acceptors (Lipinski definition) is 7. The van der Waals surface area contributed by atoms with Gasteiger partial charge in [0, 0.05) is 0 Å². The molecule has 0 saturated carbocycles. The molecule has 0 aliphatic heterocycles. The third-order valence-corrected chi connectivity index (χ3v) is 4.48. The Morgan fingerprint density at radius 3 is 2.41 bits per heavy atom. The highest BCUT2D eigenvalue weighted by Gasteiger charge is 2.36. The first-order valence-corrected chi connectivity index (χ1v) is 9.87. The molecule has 2 aromatic rings. The summed E-state index contributed by atoms with van der Waals surface area (Å²) in [5, 5.41) is -0.624. The monoisotopic (exact) mass is 471 g/mol. The van der Waals surface area contributed by atoms with E-state index in [-0.39, 0.29) is 33.5 Å². The van der Waals surface area contributed by atoms with Crippen LogP contribution in [0.5, 0.6) is 0 Å². The van der Waals surface area contributed by atoms with Crippen LogP contribution in [0.15, 0.2) is 11.5 Å². The number of carbonyl (C=O) groups is 2. The zero-order chi connectivity index (χ0) is 21.8. The number of alkyl halides is 3. The van der Waals surface area contributed by atoms with Crippen molar-refractivity contribution in [3.63, 3.8) is 0 Å². The maximum atomic E-state index is 13.1. The summed E-state index contributed by atoms with van der Waals surface area (Å²) in [6.07, 6.45) is -2.00. The zero-order valence-corrected chi connectivity index (χ0v) is 17.3. The molecular weight excluding hydrogens is 458 g/mol. The number of imidazole rings is 1. The maximum absolute atomic E-state index is 13.1. The van der Waals surface area contributed by atoms with Crippen LogP contribution in [0.2, 0.25) is 10.3 Å². The van der Waals surface area contributed by atoms with Crippen LogP contribution in [0.1, 0.15) is 33.5 Å². The fourth-order valence-electron chi connectivity index (χ4n) is 2.24. The number of rotatable bonds is 7. The highest BCUT2D eigenvalue weighted by molar-refractivity contribution is 7.98. The Balaban J connectivity index is 2.41. The quantitative estimate of drug-likeness (QED) is 0.284. The van der Waals surface area contributed by atoms with Crippen LogP contribution in [0.4, 0.5) is 13.2 Å². The van der Waals surface area contributed by atoms with Gasteiger partial charge < -0.3 is 14.6 Å². The van der Waals surface area contributed by atoms with Gasteiger partial charge in [-0.1, -0.05) is 35.0 Å². The molecule has 158 valence electrons. The minimum absolute atomic E-state index is 0.0423. The molecule has 29 heavy (non-hydrogen) atoms. The summed E-state index contributed by atoms with van der Waals surface area (Å²) < 4.78 is 44.1. The number of thioether (sulfide) groups is 1. The molecule has 0 unspecified atom stereocenters. The largest absolute Gasteiger partial charge is 0.461 e. The van der Waals surface area contributed by atoms with E-state index in [0.717, 1.165) is 18.1 Å². The Hall–Kier alpha value is -2.05. The lowest BCUT2D eigenvalue weighted by atomic mass is 10.2. The van der Waals surface area contributed by atoms with Crippen molar-refractivity contribution in [2.24, 2.45) is 0 Å². The second kappa shape index (κ2) is 9.63. The molecule has 0 fully saturated rings. The predicted molar refractivity (Wildman–Crippen MR) is 99.2 cm³/mol. The Morgan fingerprint density at radius 2 is 1.90 bits per heavy atom. The van der Waals surface area contributed by atoms with E-state index in [1.165, 1.54) is 0 Å². The molecule has 0 bridgehead atoms. The summed E-state index contributed by atoms with van der Waals surface area (Å²) in [5.74, 6) is -2.00. The van der Waals surface area contributed by atoms with E-state index >= 15 is 0 Å². The highest BCUT2D eigenvalue weighted by Crippen LogP contribution is 2.28. The van der Waals surface area contributed by atoms with E-state index < -0.39 is 36.7 Å². The van der Waals surface area contributed by atoms with Crippen molar-refractivity contribution in [1.29, 1.82) is 0 Å². The number of H-pyrrole nitrogens is 1. The highest BCUT2D eigenvalue weighted by atomic mass is 35.5. The lowest BCUT2D eigenvalue weighted by Crippen LogP contribution is -2.39. The van der Waals surface area contributed by atoms with Crippen LogP contribution in [0, 0.1) is 0 Å². The summed E-state index contributed by atoms with van der Waals surface area (Å²) in [5.41, 5.74) is -0.763. The van der Waals surface area contributed by atoms with Gasteiger partial charge in [0.05, 0.1) is 25.2 Å². The molecule has 0 saturated heterocycles. The summed E-state index contributed by atoms with van der Waals surface area (Å²) in [4.78, 5) is 39.1. The number of halogens is 5. The molecule has 14 heteroatoms. The molecule has 0 aromatic carbocycles. The third-order valence-electron chi connectivity index (χ3n) is 3.39. The standard InChI is InChI=1S/C15H14Cl2F3N5O3S/c1-3-28-13(27)9-7(21-6-22-9)4-25(5-15(18,19)20)12(26)8-10(16)23-14(29-2)24-11(8)17/h6H,3-5H2,1-2H3,(H,21,22). The van der Waals surface area contributed by atoms with Gasteiger partial charge in [-0.3, -0.25) is 4.79 Å². The normalized spacial score (nSPS) is 11.4. The molecular formula is C15H14Cl2F3N5O3S. The molecule has 0 radical (unpaired) electrons. The molecule has 8 nitrogen and oxygen atoms in total. The van der Waals surface area contributed by atoms with Crippen molar-refractivity contribution in [1.82, 2.24) is 24.8 Å². The van der Waals surface area contributed by atoms with Gasteiger partial charge in [-0.05, 0) is 13.2 Å². The molecule has 1 amide bonds. The van der Waals surface area contributed by atoms with E-state index in [2.05, 4.69) is 19.9 Å². The van der Waals surface area contributed by atoms with Gasteiger partial charge in [-0.2, -0.15) is 13.2 Å². The SMILES string of the molecule is CCOC(=O)c1nc[nH]c1CN(CC(F)(F)F)C(=O)c1c(Cl)nc(SC)nc1Cl. The Labute approximate surface area is 177 Å². The molecule has 2 rings (SSSR count). The summed E-state index contributed by atoms with van der Waals surface area (Å²) in [7, 11) is 0. The fraction of sp³-hybridized carbons (Fsp3) is 0.400. The number of ether oxygens (including phenoxy) is 1. The van der Waals surface area contributed by atoms with Gasteiger partial charge in [-0.15, -0.1) is 0 Å². The second-order valence-electron chi connectivity index (χ2n) is 5.39. The van der Waals surface area contributed by atoms with Gasteiger partial charge >= 0.3 is 12.1 Å². The number of aromatic amines is 1. The van der Waals surface area contributed by atoms with E-state index in [9.17, 15) is 22.8 Å². The average molecular weight is 472 g/mol. The number of nitrogens with zero attached hydrogens (tertiary/aromatic N) is 4. The number of aromatic nitrogens is 4. The number of amides is 1. The molecule has 0 spiro atoms. The first-order chi connectivity index (χ1) is 13.6. The predicted octanol–water partition coefficient (Wildman–Crippen LogP) is 3.61. The van der Waals surface area contributed by atoms with Crippen molar-refractivity contribution in [3.8, 4) is 0 Å². The second-order valence-corrected chi connectivity index (χ2v) is 6.88. The Kier molecular flexibility index (Phi) is 7.72. The number of hydrogen-bond donors (Lipinski definition) is 1. The minimum Gasteiger partial charge on any atom is -0.461 e. The van der Waals surface area contributed by atoms with E-state index in [4.69, 9.17) is 27.9 Å². The van der Waals surface area contributed by atoms with Gasteiger partial charge in [0.25, 0.3) is 5.91 Å². The van der Waals surface area contributed by atoms with E-state index in [1.54, 1.807) is 13.2 Å². The van der Waals surface area contributed by atoms with Crippen LogP contribution in [0.3, 0.4) is 0 Å². The molecule has 0 aliphatic rings. The van der Waals surface area contributed by atoms with E-state index in [0.29, 0.717) is 4.90 Å². The van der Waals surface area contributed by atoms with E-state index in [1.807, 2.05) is 0 Å². The molecule has 0 aliphatic carbocycles. The molecule has 1 N–H and O–H groups in total. The maximum Gasteiger partial charge on any atom is 0.406 e. The molecule has 0 atom stereocenters. The minimum atomic E-state index is -4.74. The lowest BCUT2D eigenvalue weighted by molar-refractivity contribution is -0.141. The van der Waals surface area contributed by atoms with Gasteiger partial charge in [0.15, 0.2) is 10.9 Å². The average Bonchev–Trinajstić information content (AvgIpc) is 3.07. The van der Waals surface area contributed by atoms with Crippen LogP contribution in [-0.2, 0) is 11.3 Å². The summed E-state index contributed by atoms with van der Waals surface area (Å²) >= 11 is 13.0. The van der Waals surface area contributed by atoms with Gasteiger partial charge in [-0.25, -0.2) is 19.7 Å². The Bertz CT molecular complexity index is 887. The number of esters is 1. The smallest absolute Gasteiger partial charge is 0.406 e. The number of nitrogens with one attached hydrogen (secondary N) is 1. The van der Waals surface area contributed by atoms with Crippen LogP contribution in [0.25, 0.3) is 0 Å². The summed E-state index contributed by atoms with van der Waals surface area (Å²) in [6.45, 7) is -0.667. The first-order valence-electron chi connectivity index (χ1n) is 7.89.